The average molecular weight is 291 g/mol. The van der Waals surface area contributed by atoms with Gasteiger partial charge in [0.25, 0.3) is 0 Å². The number of nitrogens with one attached hydrogen (secondary N) is 1. The van der Waals surface area contributed by atoms with Crippen molar-refractivity contribution in [3.05, 3.63) is 45.7 Å². The quantitative estimate of drug-likeness (QED) is 0.797. The molecule has 1 fully saturated rings. The number of aryl methyl sites for hydroxylation is 1. The van der Waals surface area contributed by atoms with E-state index in [0.717, 1.165) is 47.4 Å². The van der Waals surface area contributed by atoms with Crippen LogP contribution in [0.2, 0.25) is 0 Å². The van der Waals surface area contributed by atoms with Crippen molar-refractivity contribution in [1.82, 2.24) is 15.5 Å². The molecule has 0 radical (unpaired) electrons. The van der Waals surface area contributed by atoms with Crippen LogP contribution in [-0.4, -0.2) is 22.8 Å². The Morgan fingerprint density at radius 2 is 1.90 bits per heavy atom. The van der Waals surface area contributed by atoms with Crippen molar-refractivity contribution in [3.8, 4) is 0 Å². The second-order valence-electron chi connectivity index (χ2n) is 5.22. The van der Waals surface area contributed by atoms with E-state index in [1.165, 1.54) is 25.0 Å². The Bertz CT molecular complexity index is 549. The van der Waals surface area contributed by atoms with Gasteiger partial charge in [0, 0.05) is 18.9 Å². The Morgan fingerprint density at radius 3 is 2.65 bits per heavy atom. The third kappa shape index (κ3) is 4.08. The van der Waals surface area contributed by atoms with Gasteiger partial charge in [0.05, 0.1) is 0 Å². The molecule has 1 aromatic heterocycles. The van der Waals surface area contributed by atoms with Crippen molar-refractivity contribution < 1.29 is 4.39 Å². The largest absolute Gasteiger partial charge is 0.314 e. The second kappa shape index (κ2) is 6.41. The minimum Gasteiger partial charge on any atom is -0.314 e. The fraction of sp³-hybridized carbons (Fsp3) is 0.467. The molecule has 106 valence electrons. The van der Waals surface area contributed by atoms with E-state index in [1.807, 2.05) is 0 Å². The molecule has 3 nitrogen and oxygen atoms in total. The van der Waals surface area contributed by atoms with Gasteiger partial charge in [0.15, 0.2) is 0 Å². The second-order valence-corrected chi connectivity index (χ2v) is 6.37. The third-order valence-corrected chi connectivity index (χ3v) is 4.34. The van der Waals surface area contributed by atoms with E-state index in [1.54, 1.807) is 23.5 Å². The van der Waals surface area contributed by atoms with Gasteiger partial charge in [0.2, 0.25) is 0 Å². The van der Waals surface area contributed by atoms with Gasteiger partial charge >= 0.3 is 0 Å². The van der Waals surface area contributed by atoms with Gasteiger partial charge in [0.1, 0.15) is 15.8 Å². The molecule has 1 N–H and O–H groups in total. The summed E-state index contributed by atoms with van der Waals surface area (Å²) in [6.45, 7) is 1.07. The van der Waals surface area contributed by atoms with Crippen molar-refractivity contribution in [2.75, 3.05) is 6.54 Å². The van der Waals surface area contributed by atoms with Gasteiger partial charge in [-0.15, -0.1) is 21.5 Å². The van der Waals surface area contributed by atoms with Gasteiger partial charge in [-0.2, -0.15) is 0 Å². The van der Waals surface area contributed by atoms with E-state index in [9.17, 15) is 4.39 Å². The molecule has 1 heterocycles. The van der Waals surface area contributed by atoms with E-state index in [4.69, 9.17) is 0 Å². The van der Waals surface area contributed by atoms with Crippen molar-refractivity contribution >= 4 is 11.3 Å². The van der Waals surface area contributed by atoms with Crippen LogP contribution in [0.25, 0.3) is 0 Å². The SMILES string of the molecule is Fc1ccc(Cc2nnc(CCCNC3CC3)s2)cc1. The number of benzene rings is 1. The topological polar surface area (TPSA) is 37.8 Å². The number of aromatic nitrogens is 2. The highest BCUT2D eigenvalue weighted by Gasteiger charge is 2.19. The maximum Gasteiger partial charge on any atom is 0.123 e. The number of hydrogen-bond donors (Lipinski definition) is 1. The Hall–Kier alpha value is -1.33. The van der Waals surface area contributed by atoms with Crippen LogP contribution in [0.5, 0.6) is 0 Å². The fourth-order valence-corrected chi connectivity index (χ4v) is 2.99. The monoisotopic (exact) mass is 291 g/mol. The van der Waals surface area contributed by atoms with Crippen molar-refractivity contribution in [3.63, 3.8) is 0 Å². The highest BCUT2D eigenvalue weighted by atomic mass is 32.1. The Balaban J connectivity index is 1.46. The summed E-state index contributed by atoms with van der Waals surface area (Å²) >= 11 is 1.66. The summed E-state index contributed by atoms with van der Waals surface area (Å²) in [6, 6.07) is 7.35. The van der Waals surface area contributed by atoms with E-state index in [0.29, 0.717) is 0 Å². The molecule has 0 amide bonds. The standard InChI is InChI=1S/C15H18FN3S/c16-12-5-3-11(4-6-12)10-15-19-18-14(20-15)2-1-9-17-13-7-8-13/h3-6,13,17H,1-2,7-10H2. The molecule has 2 aromatic rings. The molecule has 20 heavy (non-hydrogen) atoms. The lowest BCUT2D eigenvalue weighted by molar-refractivity contribution is 0.627. The van der Waals surface area contributed by atoms with Crippen LogP contribution in [0.4, 0.5) is 4.39 Å². The van der Waals surface area contributed by atoms with E-state index >= 15 is 0 Å². The van der Waals surface area contributed by atoms with Gasteiger partial charge in [-0.05, 0) is 43.5 Å². The smallest absolute Gasteiger partial charge is 0.123 e. The molecule has 0 bridgehead atoms. The molecule has 1 aromatic carbocycles. The number of hydrogen-bond acceptors (Lipinski definition) is 4. The molecule has 1 aliphatic carbocycles. The Morgan fingerprint density at radius 1 is 1.15 bits per heavy atom. The highest BCUT2D eigenvalue weighted by molar-refractivity contribution is 7.11. The Labute approximate surface area is 122 Å². The lowest BCUT2D eigenvalue weighted by Crippen LogP contribution is -2.17. The summed E-state index contributed by atoms with van der Waals surface area (Å²) in [6.07, 6.45) is 5.50. The lowest BCUT2D eigenvalue weighted by Gasteiger charge is -1.99. The highest BCUT2D eigenvalue weighted by Crippen LogP contribution is 2.19. The van der Waals surface area contributed by atoms with Crippen LogP contribution in [0.3, 0.4) is 0 Å². The van der Waals surface area contributed by atoms with Gasteiger partial charge in [-0.1, -0.05) is 12.1 Å². The minimum absolute atomic E-state index is 0.199. The first-order chi connectivity index (χ1) is 9.79. The molecular formula is C15H18FN3S. The van der Waals surface area contributed by atoms with Crippen LogP contribution in [-0.2, 0) is 12.8 Å². The average Bonchev–Trinajstić information content (AvgIpc) is 3.17. The molecule has 0 saturated heterocycles. The molecule has 0 unspecified atom stereocenters. The predicted octanol–water partition coefficient (Wildman–Crippen LogP) is 2.95. The van der Waals surface area contributed by atoms with E-state index in [2.05, 4.69) is 15.5 Å². The van der Waals surface area contributed by atoms with Gasteiger partial charge in [-0.3, -0.25) is 0 Å². The predicted molar refractivity (Wildman–Crippen MR) is 78.5 cm³/mol. The minimum atomic E-state index is -0.199. The van der Waals surface area contributed by atoms with E-state index < -0.39 is 0 Å². The molecule has 5 heteroatoms. The number of rotatable bonds is 7. The summed E-state index contributed by atoms with van der Waals surface area (Å²) in [5, 5.41) is 14.0. The third-order valence-electron chi connectivity index (χ3n) is 3.36. The summed E-state index contributed by atoms with van der Waals surface area (Å²) in [4.78, 5) is 0. The van der Waals surface area contributed by atoms with Crippen LogP contribution >= 0.6 is 11.3 Å². The van der Waals surface area contributed by atoms with Gasteiger partial charge in [-0.25, -0.2) is 4.39 Å². The van der Waals surface area contributed by atoms with E-state index in [-0.39, 0.29) is 5.82 Å². The summed E-state index contributed by atoms with van der Waals surface area (Å²) < 4.78 is 12.8. The first-order valence-corrected chi connectivity index (χ1v) is 7.90. The maximum atomic E-state index is 12.8. The van der Waals surface area contributed by atoms with Crippen molar-refractivity contribution in [2.24, 2.45) is 0 Å². The molecule has 0 spiro atoms. The van der Waals surface area contributed by atoms with Crippen molar-refractivity contribution in [1.29, 1.82) is 0 Å². The zero-order valence-electron chi connectivity index (χ0n) is 11.3. The molecule has 1 aliphatic rings. The van der Waals surface area contributed by atoms with Crippen LogP contribution < -0.4 is 5.32 Å². The maximum absolute atomic E-state index is 12.8. The zero-order chi connectivity index (χ0) is 13.8. The lowest BCUT2D eigenvalue weighted by atomic mass is 10.2. The van der Waals surface area contributed by atoms with Crippen LogP contribution in [0, 0.1) is 5.82 Å². The molecular weight excluding hydrogens is 273 g/mol. The Kier molecular flexibility index (Phi) is 4.38. The summed E-state index contributed by atoms with van der Waals surface area (Å²) in [7, 11) is 0. The van der Waals surface area contributed by atoms with Crippen LogP contribution in [0.15, 0.2) is 24.3 Å². The summed E-state index contributed by atoms with van der Waals surface area (Å²) in [5.41, 5.74) is 1.07. The first kappa shape index (κ1) is 13.6. The normalized spacial score (nSPS) is 14.7. The zero-order valence-corrected chi connectivity index (χ0v) is 12.1. The first-order valence-electron chi connectivity index (χ1n) is 7.09. The molecule has 0 aliphatic heterocycles. The van der Waals surface area contributed by atoms with Gasteiger partial charge < -0.3 is 5.32 Å². The fourth-order valence-electron chi connectivity index (χ4n) is 2.07. The van der Waals surface area contributed by atoms with Crippen molar-refractivity contribution in [2.45, 2.75) is 38.1 Å². The van der Waals surface area contributed by atoms with Crippen LogP contribution in [0.1, 0.15) is 34.8 Å². The molecule has 1 saturated carbocycles. The number of nitrogens with zero attached hydrogens (tertiary/aromatic N) is 2. The summed E-state index contributed by atoms with van der Waals surface area (Å²) in [5.74, 6) is -0.199. The molecule has 0 atom stereocenters. The molecule has 3 rings (SSSR count). The number of halogens is 1.